The SMILES string of the molecule is CC(C)Oc1ccccc1/C=C1/SC(N2CCN(c3cccc(Cl)c3)CC2)=NC1=O. The van der Waals surface area contributed by atoms with E-state index in [0.29, 0.717) is 4.91 Å². The summed E-state index contributed by atoms with van der Waals surface area (Å²) in [7, 11) is 0. The Hall–Kier alpha value is -2.44. The van der Waals surface area contributed by atoms with Gasteiger partial charge in [-0.05, 0) is 56.0 Å². The lowest BCUT2D eigenvalue weighted by atomic mass is 10.2. The van der Waals surface area contributed by atoms with E-state index in [1.165, 1.54) is 11.8 Å². The highest BCUT2D eigenvalue weighted by molar-refractivity contribution is 8.18. The van der Waals surface area contributed by atoms with Gasteiger partial charge in [-0.2, -0.15) is 4.99 Å². The number of hydrogen-bond acceptors (Lipinski definition) is 5. The third-order valence-electron chi connectivity index (χ3n) is 4.90. The Morgan fingerprint density at radius 2 is 1.80 bits per heavy atom. The smallest absolute Gasteiger partial charge is 0.286 e. The quantitative estimate of drug-likeness (QED) is 0.630. The van der Waals surface area contributed by atoms with E-state index >= 15 is 0 Å². The largest absolute Gasteiger partial charge is 0.490 e. The second-order valence-corrected chi connectivity index (χ2v) is 8.91. The monoisotopic (exact) mass is 441 g/mol. The molecule has 5 nitrogen and oxygen atoms in total. The van der Waals surface area contributed by atoms with Crippen molar-refractivity contribution in [2.75, 3.05) is 31.1 Å². The first-order valence-electron chi connectivity index (χ1n) is 10.0. The number of aliphatic imine (C=N–C) groups is 1. The Bertz CT molecular complexity index is 997. The van der Waals surface area contributed by atoms with Gasteiger partial charge in [-0.1, -0.05) is 35.9 Å². The lowest BCUT2D eigenvalue weighted by molar-refractivity contribution is -0.113. The van der Waals surface area contributed by atoms with Crippen LogP contribution in [0.4, 0.5) is 5.69 Å². The highest BCUT2D eigenvalue weighted by atomic mass is 35.5. The van der Waals surface area contributed by atoms with Crippen LogP contribution in [0.25, 0.3) is 6.08 Å². The molecule has 1 amide bonds. The van der Waals surface area contributed by atoms with E-state index in [9.17, 15) is 4.79 Å². The molecule has 2 heterocycles. The van der Waals surface area contributed by atoms with Gasteiger partial charge in [0.25, 0.3) is 5.91 Å². The van der Waals surface area contributed by atoms with Crippen molar-refractivity contribution in [1.82, 2.24) is 4.90 Å². The van der Waals surface area contributed by atoms with Gasteiger partial charge >= 0.3 is 0 Å². The van der Waals surface area contributed by atoms with Gasteiger partial charge in [-0.25, -0.2) is 0 Å². The Morgan fingerprint density at radius 3 is 2.53 bits per heavy atom. The third-order valence-corrected chi connectivity index (χ3v) is 6.18. The van der Waals surface area contributed by atoms with Crippen LogP contribution in [-0.4, -0.2) is 48.3 Å². The topological polar surface area (TPSA) is 45.1 Å². The zero-order valence-electron chi connectivity index (χ0n) is 17.0. The summed E-state index contributed by atoms with van der Waals surface area (Å²) in [5, 5.41) is 1.52. The molecule has 0 N–H and O–H groups in total. The van der Waals surface area contributed by atoms with Gasteiger partial charge in [0, 0.05) is 42.5 Å². The maximum absolute atomic E-state index is 12.5. The van der Waals surface area contributed by atoms with Crippen LogP contribution in [0.1, 0.15) is 19.4 Å². The molecule has 2 aromatic rings. The van der Waals surface area contributed by atoms with Crippen molar-refractivity contribution in [3.05, 3.63) is 64.0 Å². The zero-order chi connectivity index (χ0) is 21.1. The fourth-order valence-corrected chi connectivity index (χ4v) is 4.60. The first-order chi connectivity index (χ1) is 14.5. The summed E-state index contributed by atoms with van der Waals surface area (Å²) in [6.45, 7) is 7.32. The highest BCUT2D eigenvalue weighted by Crippen LogP contribution is 2.33. The second kappa shape index (κ2) is 9.14. The predicted octanol–water partition coefficient (Wildman–Crippen LogP) is 4.92. The molecule has 2 aliphatic heterocycles. The molecule has 1 fully saturated rings. The van der Waals surface area contributed by atoms with Crippen LogP contribution in [-0.2, 0) is 4.79 Å². The van der Waals surface area contributed by atoms with Crippen LogP contribution in [0, 0.1) is 0 Å². The van der Waals surface area contributed by atoms with Crippen molar-refractivity contribution >= 4 is 46.2 Å². The average Bonchev–Trinajstić information content (AvgIpc) is 3.09. The summed E-state index contributed by atoms with van der Waals surface area (Å²) in [5.41, 5.74) is 2.02. The van der Waals surface area contributed by atoms with E-state index in [1.807, 2.05) is 62.4 Å². The number of thioether (sulfide) groups is 1. The third kappa shape index (κ3) is 4.82. The Labute approximate surface area is 186 Å². The van der Waals surface area contributed by atoms with Crippen molar-refractivity contribution in [1.29, 1.82) is 0 Å². The summed E-state index contributed by atoms with van der Waals surface area (Å²) in [5.74, 6) is 0.587. The maximum atomic E-state index is 12.5. The van der Waals surface area contributed by atoms with Gasteiger partial charge in [0.2, 0.25) is 0 Å². The number of para-hydroxylation sites is 1. The molecule has 0 bridgehead atoms. The maximum Gasteiger partial charge on any atom is 0.286 e. The van der Waals surface area contributed by atoms with E-state index in [-0.39, 0.29) is 12.0 Å². The molecule has 0 aromatic heterocycles. The van der Waals surface area contributed by atoms with Crippen LogP contribution < -0.4 is 9.64 Å². The number of carbonyl (C=O) groups excluding carboxylic acids is 1. The van der Waals surface area contributed by atoms with Crippen molar-refractivity contribution < 1.29 is 9.53 Å². The molecule has 2 aliphatic rings. The van der Waals surface area contributed by atoms with Crippen LogP contribution in [0.5, 0.6) is 5.75 Å². The molecular weight excluding hydrogens is 418 g/mol. The van der Waals surface area contributed by atoms with Gasteiger partial charge in [0.1, 0.15) is 5.75 Å². The first kappa shape index (κ1) is 20.8. The van der Waals surface area contributed by atoms with Crippen molar-refractivity contribution in [3.63, 3.8) is 0 Å². The van der Waals surface area contributed by atoms with E-state index in [0.717, 1.165) is 53.4 Å². The predicted molar refractivity (Wildman–Crippen MR) is 125 cm³/mol. The van der Waals surface area contributed by atoms with Crippen LogP contribution in [0.3, 0.4) is 0 Å². The number of amidine groups is 1. The molecule has 0 radical (unpaired) electrons. The standard InChI is InChI=1S/C23H24ClN3O2S/c1-16(2)29-20-9-4-3-6-17(20)14-21-22(28)25-23(30-21)27-12-10-26(11-13-27)19-8-5-7-18(24)15-19/h3-9,14-16H,10-13H2,1-2H3/b21-14+. The fourth-order valence-electron chi connectivity index (χ4n) is 3.46. The number of benzene rings is 2. The molecule has 0 aliphatic carbocycles. The summed E-state index contributed by atoms with van der Waals surface area (Å²) < 4.78 is 5.87. The fraction of sp³-hybridized carbons (Fsp3) is 0.304. The van der Waals surface area contributed by atoms with Crippen molar-refractivity contribution in [2.45, 2.75) is 20.0 Å². The molecule has 4 rings (SSSR count). The zero-order valence-corrected chi connectivity index (χ0v) is 18.6. The van der Waals surface area contributed by atoms with E-state index in [1.54, 1.807) is 0 Å². The molecule has 0 saturated carbocycles. The minimum Gasteiger partial charge on any atom is -0.490 e. The van der Waals surface area contributed by atoms with Crippen molar-refractivity contribution in [2.24, 2.45) is 4.99 Å². The number of nitrogens with zero attached hydrogens (tertiary/aromatic N) is 3. The molecule has 156 valence electrons. The van der Waals surface area contributed by atoms with E-state index in [4.69, 9.17) is 16.3 Å². The van der Waals surface area contributed by atoms with Gasteiger partial charge in [0.15, 0.2) is 5.17 Å². The molecule has 0 unspecified atom stereocenters. The molecular formula is C23H24ClN3O2S. The summed E-state index contributed by atoms with van der Waals surface area (Å²) in [4.78, 5) is 21.9. The lowest BCUT2D eigenvalue weighted by Crippen LogP contribution is -2.47. The number of hydrogen-bond donors (Lipinski definition) is 0. The second-order valence-electron chi connectivity index (χ2n) is 7.47. The highest BCUT2D eigenvalue weighted by Gasteiger charge is 2.28. The van der Waals surface area contributed by atoms with Crippen LogP contribution >= 0.6 is 23.4 Å². The average molecular weight is 442 g/mol. The van der Waals surface area contributed by atoms with Gasteiger partial charge in [-0.15, -0.1) is 0 Å². The molecule has 1 saturated heterocycles. The number of rotatable bonds is 4. The van der Waals surface area contributed by atoms with Gasteiger partial charge < -0.3 is 14.5 Å². The summed E-state index contributed by atoms with van der Waals surface area (Å²) in [6.07, 6.45) is 1.95. The Balaban J connectivity index is 1.42. The Kier molecular flexibility index (Phi) is 6.35. The van der Waals surface area contributed by atoms with Gasteiger partial charge in [-0.3, -0.25) is 4.79 Å². The normalized spacial score (nSPS) is 18.3. The summed E-state index contributed by atoms with van der Waals surface area (Å²) >= 11 is 7.56. The van der Waals surface area contributed by atoms with Gasteiger partial charge in [0.05, 0.1) is 11.0 Å². The molecule has 0 spiro atoms. The minimum absolute atomic E-state index is 0.0686. The first-order valence-corrected chi connectivity index (χ1v) is 11.2. The number of anilines is 1. The van der Waals surface area contributed by atoms with E-state index in [2.05, 4.69) is 20.9 Å². The van der Waals surface area contributed by atoms with Crippen molar-refractivity contribution in [3.8, 4) is 5.75 Å². The molecule has 2 aromatic carbocycles. The minimum atomic E-state index is -0.188. The number of piperazine rings is 1. The van der Waals surface area contributed by atoms with E-state index < -0.39 is 0 Å². The van der Waals surface area contributed by atoms with Crippen LogP contribution in [0.2, 0.25) is 5.02 Å². The number of ether oxygens (including phenoxy) is 1. The number of amides is 1. The summed E-state index contributed by atoms with van der Waals surface area (Å²) in [6, 6.07) is 15.7. The number of carbonyl (C=O) groups is 1. The number of halogens is 1. The Morgan fingerprint density at radius 1 is 1.07 bits per heavy atom. The van der Waals surface area contributed by atoms with Crippen LogP contribution in [0.15, 0.2) is 58.4 Å². The molecule has 0 atom stereocenters. The lowest BCUT2D eigenvalue weighted by Gasteiger charge is -2.36. The molecule has 7 heteroatoms. The molecule has 30 heavy (non-hydrogen) atoms.